The molecular formula is C16H24N4O. The molecule has 1 aromatic rings. The van der Waals surface area contributed by atoms with Crippen LogP contribution in [-0.4, -0.2) is 35.0 Å². The van der Waals surface area contributed by atoms with Gasteiger partial charge in [0.2, 0.25) is 11.9 Å². The Kier molecular flexibility index (Phi) is 4.80. The summed E-state index contributed by atoms with van der Waals surface area (Å²) in [5.74, 6) is 0.866. The van der Waals surface area contributed by atoms with Crippen molar-refractivity contribution in [1.82, 2.24) is 15.3 Å². The number of nitrogens with zero attached hydrogens (tertiary/aromatic N) is 3. The zero-order valence-electron chi connectivity index (χ0n) is 12.5. The summed E-state index contributed by atoms with van der Waals surface area (Å²) in [6.45, 7) is 1.81. The normalized spacial score (nSPS) is 23.7. The van der Waals surface area contributed by atoms with E-state index < -0.39 is 0 Å². The molecule has 1 amide bonds. The number of anilines is 1. The van der Waals surface area contributed by atoms with Gasteiger partial charge in [0.25, 0.3) is 0 Å². The van der Waals surface area contributed by atoms with Gasteiger partial charge in [-0.1, -0.05) is 19.3 Å². The van der Waals surface area contributed by atoms with Gasteiger partial charge in [0.15, 0.2) is 0 Å². The number of nitrogens with one attached hydrogen (secondary N) is 1. The van der Waals surface area contributed by atoms with E-state index in [2.05, 4.69) is 15.3 Å². The maximum absolute atomic E-state index is 13.0. The van der Waals surface area contributed by atoms with E-state index in [1.54, 1.807) is 18.5 Å². The zero-order chi connectivity index (χ0) is 14.5. The third kappa shape index (κ3) is 3.40. The fourth-order valence-electron chi connectivity index (χ4n) is 3.46. The molecule has 0 spiro atoms. The molecule has 1 saturated heterocycles. The maximum Gasteiger partial charge on any atom is 0.234 e. The van der Waals surface area contributed by atoms with Gasteiger partial charge in [-0.05, 0) is 38.3 Å². The number of piperidine rings is 1. The van der Waals surface area contributed by atoms with Crippen LogP contribution in [0, 0.1) is 5.92 Å². The van der Waals surface area contributed by atoms with E-state index in [1.807, 2.05) is 4.90 Å². The molecule has 0 bridgehead atoms. The number of aromatic nitrogens is 2. The van der Waals surface area contributed by atoms with Crippen molar-refractivity contribution in [3.8, 4) is 0 Å². The second-order valence-electron chi connectivity index (χ2n) is 6.09. The molecule has 1 aromatic heterocycles. The van der Waals surface area contributed by atoms with Gasteiger partial charge in [-0.2, -0.15) is 0 Å². The van der Waals surface area contributed by atoms with Crippen molar-refractivity contribution in [3.63, 3.8) is 0 Å². The first kappa shape index (κ1) is 14.4. The summed E-state index contributed by atoms with van der Waals surface area (Å²) in [7, 11) is 0. The quantitative estimate of drug-likeness (QED) is 0.926. The molecule has 3 rings (SSSR count). The van der Waals surface area contributed by atoms with Crippen LogP contribution in [0.5, 0.6) is 0 Å². The van der Waals surface area contributed by atoms with Gasteiger partial charge in [0, 0.05) is 25.0 Å². The summed E-state index contributed by atoms with van der Waals surface area (Å²) >= 11 is 0. The van der Waals surface area contributed by atoms with Gasteiger partial charge in [0.1, 0.15) is 0 Å². The van der Waals surface area contributed by atoms with Crippen LogP contribution < -0.4 is 10.2 Å². The molecule has 1 atom stereocenters. The van der Waals surface area contributed by atoms with Gasteiger partial charge in [-0.25, -0.2) is 9.97 Å². The predicted octanol–water partition coefficient (Wildman–Crippen LogP) is 2.14. The van der Waals surface area contributed by atoms with Crippen LogP contribution in [0.4, 0.5) is 5.95 Å². The molecule has 0 aromatic carbocycles. The summed E-state index contributed by atoms with van der Waals surface area (Å²) in [4.78, 5) is 23.6. The molecule has 1 aliphatic carbocycles. The first-order valence-electron chi connectivity index (χ1n) is 8.17. The van der Waals surface area contributed by atoms with Crippen molar-refractivity contribution in [2.75, 3.05) is 18.0 Å². The van der Waals surface area contributed by atoms with Crippen molar-refractivity contribution >= 4 is 11.9 Å². The minimum atomic E-state index is 0.0736. The van der Waals surface area contributed by atoms with Crippen LogP contribution in [0.1, 0.15) is 44.9 Å². The Bertz CT molecular complexity index is 453. The maximum atomic E-state index is 13.0. The van der Waals surface area contributed by atoms with E-state index in [1.165, 1.54) is 19.3 Å². The molecule has 5 heteroatoms. The molecule has 1 saturated carbocycles. The largest absolute Gasteiger partial charge is 0.316 e. The summed E-state index contributed by atoms with van der Waals surface area (Å²) in [6, 6.07) is 2.07. The molecule has 2 heterocycles. The minimum Gasteiger partial charge on any atom is -0.316 e. The third-order valence-electron chi connectivity index (χ3n) is 4.59. The second kappa shape index (κ2) is 6.98. The lowest BCUT2D eigenvalue weighted by atomic mass is 9.92. The molecule has 0 radical (unpaired) electrons. The van der Waals surface area contributed by atoms with Gasteiger partial charge in [-0.15, -0.1) is 0 Å². The van der Waals surface area contributed by atoms with E-state index in [9.17, 15) is 4.79 Å². The van der Waals surface area contributed by atoms with Crippen molar-refractivity contribution in [2.24, 2.45) is 5.92 Å². The standard InChI is InChI=1S/C16H24N4O/c21-15(13-6-4-9-17-12-13)20(14-7-2-1-3-8-14)16-18-10-5-11-19-16/h5,10-11,13-14,17H,1-4,6-9,12H2/t13-/m0/s1. The second-order valence-corrected chi connectivity index (χ2v) is 6.09. The molecule has 21 heavy (non-hydrogen) atoms. The van der Waals surface area contributed by atoms with Crippen LogP contribution in [0.25, 0.3) is 0 Å². The van der Waals surface area contributed by atoms with E-state index in [4.69, 9.17) is 0 Å². The lowest BCUT2D eigenvalue weighted by Crippen LogP contribution is -2.49. The van der Waals surface area contributed by atoms with E-state index in [0.29, 0.717) is 5.95 Å². The highest BCUT2D eigenvalue weighted by molar-refractivity contribution is 5.94. The van der Waals surface area contributed by atoms with Crippen molar-refractivity contribution in [2.45, 2.75) is 51.0 Å². The lowest BCUT2D eigenvalue weighted by molar-refractivity contribution is -0.123. The lowest BCUT2D eigenvalue weighted by Gasteiger charge is -2.36. The van der Waals surface area contributed by atoms with Crippen molar-refractivity contribution < 1.29 is 4.79 Å². The van der Waals surface area contributed by atoms with Crippen LogP contribution in [0.2, 0.25) is 0 Å². The number of hydrogen-bond donors (Lipinski definition) is 1. The molecule has 5 nitrogen and oxygen atoms in total. The first-order chi connectivity index (χ1) is 10.4. The SMILES string of the molecule is O=C([C@H]1CCCNC1)N(c1ncccn1)C1CCCCC1. The Morgan fingerprint density at radius 2 is 1.86 bits per heavy atom. The van der Waals surface area contributed by atoms with Crippen molar-refractivity contribution in [1.29, 1.82) is 0 Å². The van der Waals surface area contributed by atoms with Crippen LogP contribution in [-0.2, 0) is 4.79 Å². The number of rotatable bonds is 3. The molecular weight excluding hydrogens is 264 g/mol. The summed E-state index contributed by atoms with van der Waals surface area (Å²) in [5, 5.41) is 3.34. The average Bonchev–Trinajstić information content (AvgIpc) is 2.58. The van der Waals surface area contributed by atoms with E-state index in [0.717, 1.165) is 38.8 Å². The highest BCUT2D eigenvalue weighted by Gasteiger charge is 2.33. The molecule has 114 valence electrons. The molecule has 0 unspecified atom stereocenters. The number of amides is 1. The number of carbonyl (C=O) groups excluding carboxylic acids is 1. The van der Waals surface area contributed by atoms with Crippen LogP contribution in [0.3, 0.4) is 0 Å². The zero-order valence-corrected chi connectivity index (χ0v) is 12.5. The van der Waals surface area contributed by atoms with Gasteiger partial charge in [-0.3, -0.25) is 9.69 Å². The highest BCUT2D eigenvalue weighted by atomic mass is 16.2. The smallest absolute Gasteiger partial charge is 0.234 e. The van der Waals surface area contributed by atoms with Gasteiger partial charge < -0.3 is 5.32 Å². The molecule has 1 aliphatic heterocycles. The minimum absolute atomic E-state index is 0.0736. The number of carbonyl (C=O) groups is 1. The summed E-state index contributed by atoms with van der Waals surface area (Å²) in [6.07, 6.45) is 11.3. The Balaban J connectivity index is 1.82. The Hall–Kier alpha value is -1.49. The molecule has 1 N–H and O–H groups in total. The molecule has 2 aliphatic rings. The van der Waals surface area contributed by atoms with Crippen LogP contribution in [0.15, 0.2) is 18.5 Å². The van der Waals surface area contributed by atoms with Gasteiger partial charge in [0.05, 0.1) is 5.92 Å². The summed E-state index contributed by atoms with van der Waals surface area (Å²) < 4.78 is 0. The number of hydrogen-bond acceptors (Lipinski definition) is 4. The van der Waals surface area contributed by atoms with Crippen LogP contribution >= 0.6 is 0 Å². The Labute approximate surface area is 126 Å². The molecule has 2 fully saturated rings. The van der Waals surface area contributed by atoms with Gasteiger partial charge >= 0.3 is 0 Å². The van der Waals surface area contributed by atoms with E-state index in [-0.39, 0.29) is 17.9 Å². The Morgan fingerprint density at radius 1 is 1.10 bits per heavy atom. The fourth-order valence-corrected chi connectivity index (χ4v) is 3.46. The third-order valence-corrected chi connectivity index (χ3v) is 4.59. The monoisotopic (exact) mass is 288 g/mol. The highest BCUT2D eigenvalue weighted by Crippen LogP contribution is 2.27. The average molecular weight is 288 g/mol. The fraction of sp³-hybridized carbons (Fsp3) is 0.688. The van der Waals surface area contributed by atoms with E-state index >= 15 is 0 Å². The Morgan fingerprint density at radius 3 is 2.52 bits per heavy atom. The van der Waals surface area contributed by atoms with Crippen molar-refractivity contribution in [3.05, 3.63) is 18.5 Å². The predicted molar refractivity (Wildman–Crippen MR) is 82.0 cm³/mol. The summed E-state index contributed by atoms with van der Waals surface area (Å²) in [5.41, 5.74) is 0. The topological polar surface area (TPSA) is 58.1 Å². The first-order valence-corrected chi connectivity index (χ1v) is 8.17.